The first-order valence-electron chi connectivity index (χ1n) is 5.53. The fourth-order valence-corrected chi connectivity index (χ4v) is 1.76. The standard InChI is InChI=1S/C13H13NO3/c1-2-3-8-11(15)14-12(16)9-6-4-5-7-10(9)13(14)17/h4-8,15H,2-3H2,1H3/b11-8-. The van der Waals surface area contributed by atoms with E-state index in [1.54, 1.807) is 24.3 Å². The van der Waals surface area contributed by atoms with Gasteiger partial charge in [-0.15, -0.1) is 0 Å². The molecule has 0 atom stereocenters. The molecule has 2 amide bonds. The number of rotatable bonds is 3. The SMILES string of the molecule is CCC/C=C(\O)N1C(=O)c2ccccc2C1=O. The largest absolute Gasteiger partial charge is 0.494 e. The van der Waals surface area contributed by atoms with Gasteiger partial charge in [-0.1, -0.05) is 25.5 Å². The number of hydrogen-bond acceptors (Lipinski definition) is 3. The summed E-state index contributed by atoms with van der Waals surface area (Å²) in [6.07, 6.45) is 2.95. The van der Waals surface area contributed by atoms with Gasteiger partial charge in [0.15, 0.2) is 5.88 Å². The number of fused-ring (bicyclic) bond motifs is 1. The highest BCUT2D eigenvalue weighted by Crippen LogP contribution is 2.25. The van der Waals surface area contributed by atoms with E-state index < -0.39 is 11.8 Å². The number of benzene rings is 1. The number of allylic oxidation sites excluding steroid dienone is 1. The second-order valence-electron chi connectivity index (χ2n) is 3.84. The van der Waals surface area contributed by atoms with Crippen molar-refractivity contribution in [2.24, 2.45) is 0 Å². The Morgan fingerprint density at radius 2 is 1.76 bits per heavy atom. The molecule has 0 saturated heterocycles. The zero-order chi connectivity index (χ0) is 12.4. The Bertz CT molecular complexity index is 470. The zero-order valence-corrected chi connectivity index (χ0v) is 9.51. The zero-order valence-electron chi connectivity index (χ0n) is 9.51. The molecule has 1 aromatic carbocycles. The average molecular weight is 231 g/mol. The van der Waals surface area contributed by atoms with Gasteiger partial charge in [-0.05, 0) is 24.6 Å². The molecule has 0 saturated carbocycles. The van der Waals surface area contributed by atoms with Gasteiger partial charge in [-0.25, -0.2) is 4.90 Å². The molecule has 0 bridgehead atoms. The van der Waals surface area contributed by atoms with Crippen LogP contribution < -0.4 is 0 Å². The molecule has 1 N–H and O–H groups in total. The Balaban J connectivity index is 2.36. The summed E-state index contributed by atoms with van der Waals surface area (Å²) in [5.74, 6) is -1.20. The van der Waals surface area contributed by atoms with Crippen molar-refractivity contribution in [3.8, 4) is 0 Å². The van der Waals surface area contributed by atoms with E-state index in [2.05, 4.69) is 0 Å². The van der Waals surface area contributed by atoms with Crippen molar-refractivity contribution >= 4 is 11.8 Å². The Labute approximate surface area is 99.2 Å². The molecule has 4 heteroatoms. The molecule has 1 aromatic rings. The maximum Gasteiger partial charge on any atom is 0.268 e. The van der Waals surface area contributed by atoms with Crippen LogP contribution in [0.25, 0.3) is 0 Å². The van der Waals surface area contributed by atoms with Crippen LogP contribution in [0.5, 0.6) is 0 Å². The molecule has 1 aliphatic rings. The summed E-state index contributed by atoms with van der Waals surface area (Å²) in [7, 11) is 0. The molecule has 1 heterocycles. The molecule has 4 nitrogen and oxygen atoms in total. The van der Waals surface area contributed by atoms with Crippen LogP contribution in [-0.2, 0) is 0 Å². The summed E-state index contributed by atoms with van der Waals surface area (Å²) < 4.78 is 0. The van der Waals surface area contributed by atoms with E-state index in [1.807, 2.05) is 6.92 Å². The van der Waals surface area contributed by atoms with Crippen molar-refractivity contribution in [3.05, 3.63) is 47.4 Å². The lowest BCUT2D eigenvalue weighted by molar-refractivity contribution is 0.0629. The Hall–Kier alpha value is -2.10. The van der Waals surface area contributed by atoms with Gasteiger partial charge in [0.2, 0.25) is 0 Å². The molecule has 0 aliphatic carbocycles. The van der Waals surface area contributed by atoms with Crippen LogP contribution >= 0.6 is 0 Å². The van der Waals surface area contributed by atoms with E-state index in [9.17, 15) is 14.7 Å². The van der Waals surface area contributed by atoms with Gasteiger partial charge in [0.25, 0.3) is 11.8 Å². The van der Waals surface area contributed by atoms with Crippen LogP contribution in [0.1, 0.15) is 40.5 Å². The summed E-state index contributed by atoms with van der Waals surface area (Å²) in [5, 5.41) is 9.74. The summed E-state index contributed by atoms with van der Waals surface area (Å²) in [5.41, 5.74) is 0.683. The molecule has 0 unspecified atom stereocenters. The number of carbonyl (C=O) groups is 2. The number of aliphatic hydroxyl groups is 1. The van der Waals surface area contributed by atoms with Crippen LogP contribution in [0, 0.1) is 0 Å². The normalized spacial score (nSPS) is 15.4. The summed E-state index contributed by atoms with van der Waals surface area (Å²) in [6.45, 7) is 1.95. The minimum Gasteiger partial charge on any atom is -0.494 e. The van der Waals surface area contributed by atoms with Crippen molar-refractivity contribution in [2.45, 2.75) is 19.8 Å². The lowest BCUT2D eigenvalue weighted by Crippen LogP contribution is -2.28. The fourth-order valence-electron chi connectivity index (χ4n) is 1.76. The van der Waals surface area contributed by atoms with Gasteiger partial charge in [0.05, 0.1) is 11.1 Å². The van der Waals surface area contributed by atoms with Crippen molar-refractivity contribution in [2.75, 3.05) is 0 Å². The minimum absolute atomic E-state index is 0.280. The third-order valence-corrected chi connectivity index (χ3v) is 2.64. The van der Waals surface area contributed by atoms with Gasteiger partial charge in [0.1, 0.15) is 0 Å². The van der Waals surface area contributed by atoms with E-state index in [0.717, 1.165) is 11.3 Å². The number of hydrogen-bond donors (Lipinski definition) is 1. The number of unbranched alkanes of at least 4 members (excludes halogenated alkanes) is 1. The average Bonchev–Trinajstić information content (AvgIpc) is 2.60. The second kappa shape index (κ2) is 4.41. The molecule has 0 spiro atoms. The van der Waals surface area contributed by atoms with Crippen LogP contribution in [0.2, 0.25) is 0 Å². The van der Waals surface area contributed by atoms with E-state index in [0.29, 0.717) is 17.5 Å². The number of amides is 2. The van der Waals surface area contributed by atoms with Crippen LogP contribution in [0.3, 0.4) is 0 Å². The van der Waals surface area contributed by atoms with Crippen LogP contribution in [0.4, 0.5) is 0 Å². The van der Waals surface area contributed by atoms with Crippen molar-refractivity contribution < 1.29 is 14.7 Å². The Kier molecular flexibility index (Phi) is 2.95. The first kappa shape index (κ1) is 11.4. The number of carbonyl (C=O) groups excluding carboxylic acids is 2. The molecular formula is C13H13NO3. The molecule has 2 rings (SSSR count). The van der Waals surface area contributed by atoms with E-state index in [-0.39, 0.29) is 5.88 Å². The first-order chi connectivity index (χ1) is 8.16. The molecule has 0 aromatic heterocycles. The number of nitrogens with zero attached hydrogens (tertiary/aromatic N) is 1. The highest BCUT2D eigenvalue weighted by molar-refractivity contribution is 6.22. The van der Waals surface area contributed by atoms with E-state index >= 15 is 0 Å². The molecular weight excluding hydrogens is 218 g/mol. The molecule has 88 valence electrons. The van der Waals surface area contributed by atoms with Crippen molar-refractivity contribution in [1.29, 1.82) is 0 Å². The van der Waals surface area contributed by atoms with Gasteiger partial charge in [-0.3, -0.25) is 9.59 Å². The molecule has 0 fully saturated rings. The maximum absolute atomic E-state index is 11.9. The third-order valence-electron chi connectivity index (χ3n) is 2.64. The Morgan fingerprint density at radius 1 is 1.24 bits per heavy atom. The smallest absolute Gasteiger partial charge is 0.268 e. The molecule has 1 aliphatic heterocycles. The predicted octanol–water partition coefficient (Wildman–Crippen LogP) is 2.48. The summed E-state index contributed by atoms with van der Waals surface area (Å²) in [6, 6.07) is 6.56. The quantitative estimate of drug-likeness (QED) is 0.642. The summed E-state index contributed by atoms with van der Waals surface area (Å²) >= 11 is 0. The van der Waals surface area contributed by atoms with Gasteiger partial charge in [-0.2, -0.15) is 0 Å². The Morgan fingerprint density at radius 3 is 2.24 bits per heavy atom. The van der Waals surface area contributed by atoms with Gasteiger partial charge < -0.3 is 5.11 Å². The van der Waals surface area contributed by atoms with E-state index in [1.165, 1.54) is 6.08 Å². The second-order valence-corrected chi connectivity index (χ2v) is 3.84. The first-order valence-corrected chi connectivity index (χ1v) is 5.53. The van der Waals surface area contributed by atoms with Gasteiger partial charge >= 0.3 is 0 Å². The molecule has 17 heavy (non-hydrogen) atoms. The number of aliphatic hydroxyl groups excluding tert-OH is 1. The van der Waals surface area contributed by atoms with E-state index in [4.69, 9.17) is 0 Å². The predicted molar refractivity (Wildman–Crippen MR) is 62.6 cm³/mol. The minimum atomic E-state index is -0.463. The highest BCUT2D eigenvalue weighted by atomic mass is 16.3. The monoisotopic (exact) mass is 231 g/mol. The highest BCUT2D eigenvalue weighted by Gasteiger charge is 2.37. The lowest BCUT2D eigenvalue weighted by atomic mass is 10.1. The third kappa shape index (κ3) is 1.82. The summed E-state index contributed by atoms with van der Waals surface area (Å²) in [4.78, 5) is 24.7. The molecule has 0 radical (unpaired) electrons. The van der Waals surface area contributed by atoms with Crippen LogP contribution in [0.15, 0.2) is 36.2 Å². The van der Waals surface area contributed by atoms with Crippen molar-refractivity contribution in [1.82, 2.24) is 4.90 Å². The fraction of sp³-hybridized carbons (Fsp3) is 0.231. The van der Waals surface area contributed by atoms with Crippen molar-refractivity contribution in [3.63, 3.8) is 0 Å². The maximum atomic E-state index is 11.9. The topological polar surface area (TPSA) is 57.6 Å². The number of imide groups is 1. The lowest BCUT2D eigenvalue weighted by Gasteiger charge is -2.11. The van der Waals surface area contributed by atoms with Gasteiger partial charge in [0, 0.05) is 0 Å². The van der Waals surface area contributed by atoms with Crippen LogP contribution in [-0.4, -0.2) is 21.8 Å².